The first kappa shape index (κ1) is 23.3. The highest BCUT2D eigenvalue weighted by atomic mass is 35.5. The average molecular weight is 402 g/mol. The molecule has 0 fully saturated rings. The van der Waals surface area contributed by atoms with E-state index in [9.17, 15) is 9.59 Å². The van der Waals surface area contributed by atoms with Crippen molar-refractivity contribution in [2.45, 2.75) is 72.0 Å². The zero-order chi connectivity index (χ0) is 20.8. The highest BCUT2D eigenvalue weighted by Gasteiger charge is 2.34. The van der Waals surface area contributed by atoms with E-state index in [1.165, 1.54) is 4.90 Å². The first-order valence-corrected chi connectivity index (χ1v) is 9.68. The van der Waals surface area contributed by atoms with Gasteiger partial charge in [0.05, 0.1) is 0 Å². The van der Waals surface area contributed by atoms with Crippen LogP contribution in [0.15, 0.2) is 16.8 Å². The monoisotopic (exact) mass is 401 g/mol. The van der Waals surface area contributed by atoms with Crippen LogP contribution in [-0.4, -0.2) is 58.6 Å². The Morgan fingerprint density at radius 1 is 1.11 bits per heavy atom. The van der Waals surface area contributed by atoms with Gasteiger partial charge in [-0.05, 0) is 66.9 Å². The van der Waals surface area contributed by atoms with E-state index in [1.807, 2.05) is 6.08 Å². The van der Waals surface area contributed by atoms with Crippen molar-refractivity contribution in [1.82, 2.24) is 9.80 Å². The first-order chi connectivity index (χ1) is 12.3. The molecule has 8 heteroatoms. The standard InChI is InChI=1S/C19H32ClN3O4/c1-18(2,3)26-16(24)21-15-22(7)13-11-14(10-8-9-12-20)23(15)17(25)27-19(4,5)6/h11H,8-10,12-13H2,1-7H3/b21-15+. The van der Waals surface area contributed by atoms with Crippen LogP contribution in [0.4, 0.5) is 9.59 Å². The van der Waals surface area contributed by atoms with Crippen LogP contribution in [0.3, 0.4) is 0 Å². The summed E-state index contributed by atoms with van der Waals surface area (Å²) in [6.45, 7) is 11.2. The number of alkyl halides is 1. The van der Waals surface area contributed by atoms with Crippen molar-refractivity contribution in [2.75, 3.05) is 19.5 Å². The van der Waals surface area contributed by atoms with E-state index in [1.54, 1.807) is 53.5 Å². The summed E-state index contributed by atoms with van der Waals surface area (Å²) in [6.07, 6.45) is 2.89. The molecule has 1 aliphatic heterocycles. The van der Waals surface area contributed by atoms with Crippen LogP contribution in [0.1, 0.15) is 60.8 Å². The van der Waals surface area contributed by atoms with Crippen molar-refractivity contribution < 1.29 is 19.1 Å². The zero-order valence-corrected chi connectivity index (χ0v) is 18.2. The maximum atomic E-state index is 12.9. The molecule has 0 spiro atoms. The van der Waals surface area contributed by atoms with Crippen LogP contribution >= 0.6 is 11.6 Å². The third-order valence-electron chi connectivity index (χ3n) is 3.41. The Kier molecular flexibility index (Phi) is 8.14. The van der Waals surface area contributed by atoms with Gasteiger partial charge in [-0.2, -0.15) is 0 Å². The molecule has 0 atom stereocenters. The van der Waals surface area contributed by atoms with Crippen molar-refractivity contribution in [2.24, 2.45) is 4.99 Å². The summed E-state index contributed by atoms with van der Waals surface area (Å²) in [5.74, 6) is 0.750. The number of carbonyl (C=O) groups excluding carboxylic acids is 2. The van der Waals surface area contributed by atoms with E-state index in [4.69, 9.17) is 21.1 Å². The summed E-state index contributed by atoms with van der Waals surface area (Å²) < 4.78 is 10.8. The molecule has 0 radical (unpaired) electrons. The number of likely N-dealkylation sites (N-methyl/N-ethyl adjacent to an activating group) is 1. The smallest absolute Gasteiger partial charge is 0.437 e. The SMILES string of the molecule is CN1CC=C(CCCCCl)N(C(=O)OC(C)(C)C)/C1=N/C(=O)OC(C)(C)C. The summed E-state index contributed by atoms with van der Waals surface area (Å²) in [5.41, 5.74) is -0.606. The van der Waals surface area contributed by atoms with E-state index >= 15 is 0 Å². The minimum absolute atomic E-state index is 0.196. The lowest BCUT2D eigenvalue weighted by Gasteiger charge is -2.36. The van der Waals surface area contributed by atoms with E-state index in [0.717, 1.165) is 18.5 Å². The van der Waals surface area contributed by atoms with Crippen LogP contribution < -0.4 is 0 Å². The maximum Gasteiger partial charge on any atom is 0.437 e. The molecular formula is C19H32ClN3O4. The molecule has 0 N–H and O–H groups in total. The van der Waals surface area contributed by atoms with Crippen molar-refractivity contribution in [3.8, 4) is 0 Å². The Morgan fingerprint density at radius 2 is 1.70 bits per heavy atom. The minimum Gasteiger partial charge on any atom is -0.443 e. The summed E-state index contributed by atoms with van der Waals surface area (Å²) in [6, 6.07) is 0. The number of nitrogens with zero attached hydrogens (tertiary/aromatic N) is 3. The highest BCUT2D eigenvalue weighted by Crippen LogP contribution is 2.23. The second-order valence-electron chi connectivity index (χ2n) is 8.43. The van der Waals surface area contributed by atoms with Crippen molar-refractivity contribution in [3.05, 3.63) is 11.8 Å². The molecule has 27 heavy (non-hydrogen) atoms. The molecule has 0 bridgehead atoms. The average Bonchev–Trinajstić information content (AvgIpc) is 2.46. The molecule has 154 valence electrons. The van der Waals surface area contributed by atoms with E-state index in [0.29, 0.717) is 18.8 Å². The number of unbranched alkanes of at least 4 members (excludes halogenated alkanes) is 1. The maximum absolute atomic E-state index is 12.9. The normalized spacial score (nSPS) is 17.0. The molecule has 0 unspecified atom stereocenters. The molecule has 0 saturated carbocycles. The molecule has 0 aromatic carbocycles. The predicted octanol–water partition coefficient (Wildman–Crippen LogP) is 4.75. The third kappa shape index (κ3) is 8.20. The quantitative estimate of drug-likeness (QED) is 0.502. The van der Waals surface area contributed by atoms with Gasteiger partial charge < -0.3 is 14.4 Å². The van der Waals surface area contributed by atoms with Gasteiger partial charge in [-0.3, -0.25) is 0 Å². The van der Waals surface area contributed by atoms with E-state index < -0.39 is 23.4 Å². The second kappa shape index (κ2) is 9.44. The Morgan fingerprint density at radius 3 is 2.22 bits per heavy atom. The van der Waals surface area contributed by atoms with Gasteiger partial charge in [0.1, 0.15) is 11.2 Å². The van der Waals surface area contributed by atoms with E-state index in [2.05, 4.69) is 4.99 Å². The number of guanidine groups is 1. The molecular weight excluding hydrogens is 370 g/mol. The molecule has 1 rings (SSSR count). The number of amides is 2. The van der Waals surface area contributed by atoms with Crippen molar-refractivity contribution in [3.63, 3.8) is 0 Å². The number of rotatable bonds is 4. The topological polar surface area (TPSA) is 71.4 Å². The number of allylic oxidation sites excluding steroid dienone is 1. The van der Waals surface area contributed by atoms with Gasteiger partial charge in [0, 0.05) is 25.2 Å². The van der Waals surface area contributed by atoms with Gasteiger partial charge in [-0.25, -0.2) is 14.5 Å². The largest absolute Gasteiger partial charge is 0.443 e. The molecule has 2 amide bonds. The van der Waals surface area contributed by atoms with Gasteiger partial charge in [-0.15, -0.1) is 16.6 Å². The molecule has 1 aliphatic rings. The highest BCUT2D eigenvalue weighted by molar-refractivity contribution is 6.17. The lowest BCUT2D eigenvalue weighted by molar-refractivity contribution is 0.0384. The zero-order valence-electron chi connectivity index (χ0n) is 17.5. The number of hydrogen-bond donors (Lipinski definition) is 0. The van der Waals surface area contributed by atoms with Crippen LogP contribution in [0.2, 0.25) is 0 Å². The fourth-order valence-electron chi connectivity index (χ4n) is 2.34. The molecule has 1 heterocycles. The fourth-order valence-corrected chi connectivity index (χ4v) is 2.53. The van der Waals surface area contributed by atoms with Gasteiger partial charge in [0.25, 0.3) is 0 Å². The first-order valence-electron chi connectivity index (χ1n) is 9.15. The Hall–Kier alpha value is -1.76. The Labute approximate surface area is 167 Å². The molecule has 0 saturated heterocycles. The molecule has 7 nitrogen and oxygen atoms in total. The second-order valence-corrected chi connectivity index (χ2v) is 8.81. The number of carbonyl (C=O) groups is 2. The van der Waals surface area contributed by atoms with Crippen LogP contribution in [0, 0.1) is 0 Å². The number of ether oxygens (including phenoxy) is 2. The van der Waals surface area contributed by atoms with Crippen LogP contribution in [0.25, 0.3) is 0 Å². The number of hydrogen-bond acceptors (Lipinski definition) is 4. The predicted molar refractivity (Wildman–Crippen MR) is 107 cm³/mol. The van der Waals surface area contributed by atoms with Gasteiger partial charge in [0.2, 0.25) is 5.96 Å². The fraction of sp³-hybridized carbons (Fsp3) is 0.737. The van der Waals surface area contributed by atoms with E-state index in [-0.39, 0.29) is 5.96 Å². The summed E-state index contributed by atoms with van der Waals surface area (Å²) in [7, 11) is 1.76. The number of aliphatic imine (C=N–C) groups is 1. The molecule has 0 aromatic rings. The van der Waals surface area contributed by atoms with Crippen LogP contribution in [-0.2, 0) is 9.47 Å². The Bertz CT molecular complexity index is 603. The lowest BCUT2D eigenvalue weighted by atomic mass is 10.1. The van der Waals surface area contributed by atoms with Crippen LogP contribution in [0.5, 0.6) is 0 Å². The summed E-state index contributed by atoms with van der Waals surface area (Å²) >= 11 is 5.77. The van der Waals surface area contributed by atoms with Gasteiger partial charge >= 0.3 is 12.2 Å². The van der Waals surface area contributed by atoms with Crippen molar-refractivity contribution in [1.29, 1.82) is 0 Å². The van der Waals surface area contributed by atoms with Gasteiger partial charge in [-0.1, -0.05) is 0 Å². The Balaban J connectivity index is 3.20. The van der Waals surface area contributed by atoms with Gasteiger partial charge in [0.15, 0.2) is 0 Å². The third-order valence-corrected chi connectivity index (χ3v) is 3.67. The molecule has 0 aromatic heterocycles. The lowest BCUT2D eigenvalue weighted by Crippen LogP contribution is -2.50. The summed E-state index contributed by atoms with van der Waals surface area (Å²) in [4.78, 5) is 32.2. The summed E-state index contributed by atoms with van der Waals surface area (Å²) in [5, 5.41) is 0. The minimum atomic E-state index is -0.750. The number of halogens is 1. The van der Waals surface area contributed by atoms with Crippen molar-refractivity contribution >= 4 is 29.7 Å². The molecule has 0 aliphatic carbocycles.